The SMILES string of the molecule is Cc1c(C#CCN)cccc1C(=O)NCC(N)=O. The van der Waals surface area contributed by atoms with Crippen molar-refractivity contribution < 1.29 is 9.59 Å². The summed E-state index contributed by atoms with van der Waals surface area (Å²) in [5.41, 5.74) is 12.2. The molecule has 0 bridgehead atoms. The quantitative estimate of drug-likeness (QED) is 0.627. The molecule has 0 aliphatic rings. The molecular weight excluding hydrogens is 230 g/mol. The van der Waals surface area contributed by atoms with E-state index in [0.29, 0.717) is 5.56 Å². The predicted molar refractivity (Wildman–Crippen MR) is 68.6 cm³/mol. The van der Waals surface area contributed by atoms with Crippen LogP contribution >= 0.6 is 0 Å². The Labute approximate surface area is 106 Å². The fourth-order valence-electron chi connectivity index (χ4n) is 1.43. The van der Waals surface area contributed by atoms with Crippen molar-refractivity contribution in [3.05, 3.63) is 34.9 Å². The Morgan fingerprint density at radius 2 is 2.11 bits per heavy atom. The molecule has 1 rings (SSSR count). The van der Waals surface area contributed by atoms with Crippen LogP contribution in [0.3, 0.4) is 0 Å². The van der Waals surface area contributed by atoms with Crippen LogP contribution in [0, 0.1) is 18.8 Å². The van der Waals surface area contributed by atoms with Crippen LogP contribution in [-0.4, -0.2) is 24.9 Å². The normalized spacial score (nSPS) is 9.22. The first kappa shape index (κ1) is 13.7. The van der Waals surface area contributed by atoms with E-state index in [1.54, 1.807) is 19.1 Å². The molecule has 0 unspecified atom stereocenters. The van der Waals surface area contributed by atoms with Crippen LogP contribution < -0.4 is 16.8 Å². The number of carbonyl (C=O) groups excluding carboxylic acids is 2. The lowest BCUT2D eigenvalue weighted by Gasteiger charge is -2.07. The van der Waals surface area contributed by atoms with E-state index >= 15 is 0 Å². The van der Waals surface area contributed by atoms with Crippen molar-refractivity contribution in [1.29, 1.82) is 0 Å². The van der Waals surface area contributed by atoms with Crippen LogP contribution in [0.4, 0.5) is 0 Å². The fraction of sp³-hybridized carbons (Fsp3) is 0.231. The average Bonchev–Trinajstić information content (AvgIpc) is 2.34. The van der Waals surface area contributed by atoms with Crippen molar-refractivity contribution in [3.63, 3.8) is 0 Å². The minimum absolute atomic E-state index is 0.184. The van der Waals surface area contributed by atoms with Crippen LogP contribution in [0.15, 0.2) is 18.2 Å². The Balaban J connectivity index is 2.96. The van der Waals surface area contributed by atoms with Gasteiger partial charge in [-0.05, 0) is 24.6 Å². The zero-order valence-corrected chi connectivity index (χ0v) is 10.1. The second kappa shape index (κ2) is 6.42. The maximum absolute atomic E-state index is 11.8. The number of hydrogen-bond donors (Lipinski definition) is 3. The molecule has 5 nitrogen and oxygen atoms in total. The second-order valence-corrected chi connectivity index (χ2v) is 3.63. The summed E-state index contributed by atoms with van der Waals surface area (Å²) in [6, 6.07) is 5.20. The fourth-order valence-corrected chi connectivity index (χ4v) is 1.43. The van der Waals surface area contributed by atoms with E-state index in [1.165, 1.54) is 0 Å². The van der Waals surface area contributed by atoms with Crippen LogP contribution in [0.25, 0.3) is 0 Å². The number of hydrogen-bond acceptors (Lipinski definition) is 3. The van der Waals surface area contributed by atoms with E-state index in [2.05, 4.69) is 17.2 Å². The van der Waals surface area contributed by atoms with Crippen LogP contribution in [-0.2, 0) is 4.79 Å². The minimum atomic E-state index is -0.583. The summed E-state index contributed by atoms with van der Waals surface area (Å²) in [7, 11) is 0. The van der Waals surface area contributed by atoms with Crippen LogP contribution in [0.5, 0.6) is 0 Å². The first-order chi connectivity index (χ1) is 8.56. The third-order valence-corrected chi connectivity index (χ3v) is 2.33. The monoisotopic (exact) mass is 245 g/mol. The molecule has 5 heteroatoms. The molecule has 1 aromatic carbocycles. The van der Waals surface area contributed by atoms with E-state index in [1.807, 2.05) is 6.07 Å². The van der Waals surface area contributed by atoms with E-state index in [9.17, 15) is 9.59 Å². The lowest BCUT2D eigenvalue weighted by atomic mass is 10.0. The van der Waals surface area contributed by atoms with Gasteiger partial charge < -0.3 is 16.8 Å². The highest BCUT2D eigenvalue weighted by atomic mass is 16.2. The van der Waals surface area contributed by atoms with Crippen molar-refractivity contribution in [1.82, 2.24) is 5.32 Å². The van der Waals surface area contributed by atoms with Gasteiger partial charge in [0.2, 0.25) is 5.91 Å². The van der Waals surface area contributed by atoms with Crippen LogP contribution in [0.2, 0.25) is 0 Å². The highest BCUT2D eigenvalue weighted by Gasteiger charge is 2.10. The molecule has 18 heavy (non-hydrogen) atoms. The molecule has 0 saturated carbocycles. The van der Waals surface area contributed by atoms with Gasteiger partial charge in [0.05, 0.1) is 13.1 Å². The van der Waals surface area contributed by atoms with Gasteiger partial charge in [-0.25, -0.2) is 0 Å². The van der Waals surface area contributed by atoms with Gasteiger partial charge in [0.25, 0.3) is 5.91 Å². The minimum Gasteiger partial charge on any atom is -0.368 e. The molecule has 0 aromatic heterocycles. The van der Waals surface area contributed by atoms with Gasteiger partial charge in [-0.15, -0.1) is 0 Å². The lowest BCUT2D eigenvalue weighted by Crippen LogP contribution is -2.33. The Kier molecular flexibility index (Phi) is 4.90. The molecule has 0 aliphatic heterocycles. The Morgan fingerprint density at radius 1 is 1.39 bits per heavy atom. The summed E-state index contributed by atoms with van der Waals surface area (Å²) >= 11 is 0. The first-order valence-corrected chi connectivity index (χ1v) is 5.41. The lowest BCUT2D eigenvalue weighted by molar-refractivity contribution is -0.117. The highest BCUT2D eigenvalue weighted by Crippen LogP contribution is 2.12. The molecule has 94 valence electrons. The van der Waals surface area contributed by atoms with Gasteiger partial charge in [0, 0.05) is 11.1 Å². The maximum Gasteiger partial charge on any atom is 0.252 e. The van der Waals surface area contributed by atoms with Crippen molar-refractivity contribution in [2.75, 3.05) is 13.1 Å². The first-order valence-electron chi connectivity index (χ1n) is 5.41. The van der Waals surface area contributed by atoms with E-state index in [-0.39, 0.29) is 19.0 Å². The van der Waals surface area contributed by atoms with Gasteiger partial charge in [-0.1, -0.05) is 17.9 Å². The molecule has 0 heterocycles. The standard InChI is InChI=1S/C13H15N3O2/c1-9-10(5-3-7-14)4-2-6-11(9)13(18)16-8-12(15)17/h2,4,6H,7-8,14H2,1H3,(H2,15,17)(H,16,18). The zero-order valence-electron chi connectivity index (χ0n) is 10.1. The molecule has 0 saturated heterocycles. The molecule has 0 fully saturated rings. The van der Waals surface area contributed by atoms with E-state index < -0.39 is 5.91 Å². The third-order valence-electron chi connectivity index (χ3n) is 2.33. The number of nitrogens with one attached hydrogen (secondary N) is 1. The number of primary amides is 1. The van der Waals surface area contributed by atoms with Crippen LogP contribution in [0.1, 0.15) is 21.5 Å². The largest absolute Gasteiger partial charge is 0.368 e. The van der Waals surface area contributed by atoms with E-state index in [4.69, 9.17) is 11.5 Å². The summed E-state index contributed by atoms with van der Waals surface area (Å²) in [6.07, 6.45) is 0. The number of amides is 2. The molecule has 2 amide bonds. The van der Waals surface area contributed by atoms with E-state index in [0.717, 1.165) is 11.1 Å². The van der Waals surface area contributed by atoms with Gasteiger partial charge in [0.15, 0.2) is 0 Å². The van der Waals surface area contributed by atoms with Gasteiger partial charge in [-0.2, -0.15) is 0 Å². The van der Waals surface area contributed by atoms with Crippen molar-refractivity contribution >= 4 is 11.8 Å². The number of carbonyl (C=O) groups is 2. The number of nitrogens with two attached hydrogens (primary N) is 2. The summed E-state index contributed by atoms with van der Waals surface area (Å²) < 4.78 is 0. The van der Waals surface area contributed by atoms with Crippen molar-refractivity contribution in [2.45, 2.75) is 6.92 Å². The summed E-state index contributed by atoms with van der Waals surface area (Å²) in [4.78, 5) is 22.4. The Morgan fingerprint density at radius 3 is 2.72 bits per heavy atom. The number of rotatable bonds is 3. The molecule has 0 aliphatic carbocycles. The van der Waals surface area contributed by atoms with Crippen molar-refractivity contribution in [3.8, 4) is 11.8 Å². The molecular formula is C13H15N3O2. The van der Waals surface area contributed by atoms with Crippen molar-refractivity contribution in [2.24, 2.45) is 11.5 Å². The summed E-state index contributed by atoms with van der Waals surface area (Å²) in [6.45, 7) is 1.87. The number of benzene rings is 1. The third kappa shape index (κ3) is 3.61. The predicted octanol–water partition coefficient (Wildman–Crippen LogP) is -0.480. The van der Waals surface area contributed by atoms with Gasteiger partial charge in [-0.3, -0.25) is 9.59 Å². The molecule has 0 radical (unpaired) electrons. The smallest absolute Gasteiger partial charge is 0.252 e. The topological polar surface area (TPSA) is 98.2 Å². The summed E-state index contributed by atoms with van der Waals surface area (Å²) in [5.74, 6) is 4.69. The average molecular weight is 245 g/mol. The zero-order chi connectivity index (χ0) is 13.5. The van der Waals surface area contributed by atoms with Gasteiger partial charge >= 0.3 is 0 Å². The molecule has 1 aromatic rings. The highest BCUT2D eigenvalue weighted by molar-refractivity contribution is 5.98. The maximum atomic E-state index is 11.8. The molecule has 5 N–H and O–H groups in total. The summed E-state index contributed by atoms with van der Waals surface area (Å²) in [5, 5.41) is 2.44. The van der Waals surface area contributed by atoms with Gasteiger partial charge in [0.1, 0.15) is 0 Å². The molecule has 0 spiro atoms. The Hall–Kier alpha value is -2.32. The second-order valence-electron chi connectivity index (χ2n) is 3.63. The Bertz CT molecular complexity index is 527. The molecule has 0 atom stereocenters.